The Morgan fingerprint density at radius 2 is 2.05 bits per heavy atom. The molecule has 5 nitrogen and oxygen atoms in total. The average Bonchev–Trinajstić information content (AvgIpc) is 2.94. The molecule has 3 rings (SSSR count). The van der Waals surface area contributed by atoms with Crippen LogP contribution in [-0.2, 0) is 11.2 Å². The van der Waals surface area contributed by atoms with Gasteiger partial charge in [0, 0.05) is 29.4 Å². The normalized spacial score (nSPS) is 17.6. The predicted molar refractivity (Wildman–Crippen MR) is 73.7 cm³/mol. The highest BCUT2D eigenvalue weighted by molar-refractivity contribution is 7.10. The summed E-state index contributed by atoms with van der Waals surface area (Å²) in [5, 5.41) is 11.3. The quantitative estimate of drug-likeness (QED) is 0.917. The Morgan fingerprint density at radius 3 is 2.75 bits per heavy atom. The molecule has 20 heavy (non-hydrogen) atoms. The molecule has 1 aliphatic rings. The van der Waals surface area contributed by atoms with Gasteiger partial charge >= 0.3 is 5.97 Å². The highest BCUT2D eigenvalue weighted by Crippen LogP contribution is 2.34. The smallest absolute Gasteiger partial charge is 0.331 e. The molecule has 1 atom stereocenters. The summed E-state index contributed by atoms with van der Waals surface area (Å²) in [5.41, 5.74) is 1.20. The second kappa shape index (κ2) is 5.05. The summed E-state index contributed by atoms with van der Waals surface area (Å²) < 4.78 is 0. The van der Waals surface area contributed by atoms with Gasteiger partial charge in [0.05, 0.1) is 0 Å². The van der Waals surface area contributed by atoms with Crippen LogP contribution in [0.25, 0.3) is 0 Å². The minimum absolute atomic E-state index is 0.267. The third-order valence-electron chi connectivity index (χ3n) is 3.39. The van der Waals surface area contributed by atoms with Crippen LogP contribution >= 0.6 is 11.3 Å². The Hall–Kier alpha value is -2.21. The summed E-state index contributed by atoms with van der Waals surface area (Å²) >= 11 is 1.54. The van der Waals surface area contributed by atoms with E-state index in [0.29, 0.717) is 18.5 Å². The molecule has 0 saturated carbocycles. The molecule has 1 N–H and O–H groups in total. The fourth-order valence-corrected chi connectivity index (χ4v) is 3.37. The van der Waals surface area contributed by atoms with E-state index in [0.717, 1.165) is 10.4 Å². The van der Waals surface area contributed by atoms with Crippen LogP contribution in [0.3, 0.4) is 0 Å². The van der Waals surface area contributed by atoms with Crippen molar-refractivity contribution in [3.05, 3.63) is 52.0 Å². The fraction of sp³-hybridized carbons (Fsp3) is 0.214. The summed E-state index contributed by atoms with van der Waals surface area (Å²) in [7, 11) is 0. The third-order valence-corrected chi connectivity index (χ3v) is 4.38. The molecule has 6 heteroatoms. The second-order valence-electron chi connectivity index (χ2n) is 4.52. The van der Waals surface area contributed by atoms with E-state index in [1.54, 1.807) is 29.5 Å². The van der Waals surface area contributed by atoms with Crippen LogP contribution in [0.5, 0.6) is 0 Å². The maximum Gasteiger partial charge on any atom is 0.331 e. The highest BCUT2D eigenvalue weighted by atomic mass is 32.1. The second-order valence-corrected chi connectivity index (χ2v) is 5.52. The maximum atomic E-state index is 12.5. The lowest BCUT2D eigenvalue weighted by atomic mass is 9.99. The van der Waals surface area contributed by atoms with E-state index in [-0.39, 0.29) is 5.91 Å². The van der Waals surface area contributed by atoms with Gasteiger partial charge in [-0.25, -0.2) is 4.79 Å². The first-order valence-electron chi connectivity index (χ1n) is 6.18. The Morgan fingerprint density at radius 1 is 1.30 bits per heavy atom. The van der Waals surface area contributed by atoms with E-state index in [9.17, 15) is 14.7 Å². The Balaban J connectivity index is 1.98. The van der Waals surface area contributed by atoms with Gasteiger partial charge < -0.3 is 10.0 Å². The number of aliphatic carboxylic acids is 1. The van der Waals surface area contributed by atoms with Crippen LogP contribution < -0.4 is 0 Å². The molecule has 2 aromatic rings. The van der Waals surface area contributed by atoms with E-state index < -0.39 is 12.0 Å². The number of carboxylic acids is 1. The number of rotatable bonds is 2. The number of hydrogen-bond donors (Lipinski definition) is 1. The van der Waals surface area contributed by atoms with Crippen LogP contribution in [0, 0.1) is 0 Å². The SMILES string of the molecule is O=C(O)C1c2ccsc2CCN1C(=O)c1ccncc1. The van der Waals surface area contributed by atoms with Gasteiger partial charge in [0.1, 0.15) is 0 Å². The molecule has 0 saturated heterocycles. The van der Waals surface area contributed by atoms with Crippen molar-refractivity contribution in [3.63, 3.8) is 0 Å². The van der Waals surface area contributed by atoms with Crippen molar-refractivity contribution in [2.75, 3.05) is 6.54 Å². The molecule has 0 spiro atoms. The van der Waals surface area contributed by atoms with Crippen molar-refractivity contribution in [2.24, 2.45) is 0 Å². The van der Waals surface area contributed by atoms with Gasteiger partial charge in [0.15, 0.2) is 6.04 Å². The van der Waals surface area contributed by atoms with Gasteiger partial charge in [-0.15, -0.1) is 11.3 Å². The highest BCUT2D eigenvalue weighted by Gasteiger charge is 2.36. The first-order chi connectivity index (χ1) is 9.68. The number of pyridine rings is 1. The minimum atomic E-state index is -0.994. The predicted octanol–water partition coefficient (Wildman–Crippen LogP) is 1.97. The summed E-state index contributed by atoms with van der Waals surface area (Å²) in [4.78, 5) is 30.4. The van der Waals surface area contributed by atoms with Gasteiger partial charge in [0.2, 0.25) is 0 Å². The molecule has 102 valence electrons. The molecule has 1 amide bonds. The first kappa shape index (κ1) is 12.8. The third kappa shape index (κ3) is 2.08. The molecule has 0 bridgehead atoms. The monoisotopic (exact) mass is 288 g/mol. The lowest BCUT2D eigenvalue weighted by Gasteiger charge is -2.33. The maximum absolute atomic E-state index is 12.5. The fourth-order valence-electron chi connectivity index (χ4n) is 2.46. The molecular formula is C14H12N2O3S. The number of nitrogens with zero attached hydrogens (tertiary/aromatic N) is 2. The molecule has 3 heterocycles. The minimum Gasteiger partial charge on any atom is -0.479 e. The molecule has 2 aromatic heterocycles. The number of carbonyl (C=O) groups excluding carboxylic acids is 1. The van der Waals surface area contributed by atoms with Gasteiger partial charge in [-0.3, -0.25) is 9.78 Å². The number of thiophene rings is 1. The summed E-state index contributed by atoms with van der Waals surface area (Å²) in [5.74, 6) is -1.26. The van der Waals surface area contributed by atoms with Crippen molar-refractivity contribution in [3.8, 4) is 0 Å². The van der Waals surface area contributed by atoms with E-state index in [4.69, 9.17) is 0 Å². The zero-order valence-electron chi connectivity index (χ0n) is 10.5. The molecule has 0 radical (unpaired) electrons. The number of fused-ring (bicyclic) bond motifs is 1. The van der Waals surface area contributed by atoms with Crippen LogP contribution in [-0.4, -0.2) is 33.4 Å². The lowest BCUT2D eigenvalue weighted by Crippen LogP contribution is -2.43. The van der Waals surface area contributed by atoms with Crippen molar-refractivity contribution < 1.29 is 14.7 Å². The van der Waals surface area contributed by atoms with Crippen LogP contribution in [0.4, 0.5) is 0 Å². The van der Waals surface area contributed by atoms with E-state index in [1.807, 2.05) is 5.38 Å². The average molecular weight is 288 g/mol. The molecule has 1 aliphatic heterocycles. The van der Waals surface area contributed by atoms with Gasteiger partial charge in [0.25, 0.3) is 5.91 Å². The Bertz CT molecular complexity index is 653. The number of amides is 1. The zero-order chi connectivity index (χ0) is 14.1. The molecular weight excluding hydrogens is 276 g/mol. The van der Waals surface area contributed by atoms with Crippen molar-refractivity contribution in [1.82, 2.24) is 9.88 Å². The number of aromatic nitrogens is 1. The summed E-state index contributed by atoms with van der Waals surface area (Å²) in [6.45, 7) is 0.422. The number of carbonyl (C=O) groups is 2. The topological polar surface area (TPSA) is 70.5 Å². The summed E-state index contributed by atoms with van der Waals surface area (Å²) in [6, 6.07) is 4.10. The zero-order valence-corrected chi connectivity index (χ0v) is 11.3. The van der Waals surface area contributed by atoms with Crippen LogP contribution in [0.1, 0.15) is 26.8 Å². The van der Waals surface area contributed by atoms with Gasteiger partial charge in [-0.1, -0.05) is 0 Å². The number of hydrogen-bond acceptors (Lipinski definition) is 4. The van der Waals surface area contributed by atoms with Gasteiger partial charge in [-0.05, 0) is 35.6 Å². The van der Waals surface area contributed by atoms with E-state index in [1.165, 1.54) is 17.3 Å². The Kier molecular flexibility index (Phi) is 3.23. The molecule has 0 aromatic carbocycles. The molecule has 0 fully saturated rings. The van der Waals surface area contributed by atoms with Crippen LogP contribution in [0.15, 0.2) is 36.0 Å². The first-order valence-corrected chi connectivity index (χ1v) is 7.06. The van der Waals surface area contributed by atoms with E-state index >= 15 is 0 Å². The number of carboxylic acid groups (broad SMARTS) is 1. The molecule has 1 unspecified atom stereocenters. The molecule has 0 aliphatic carbocycles. The van der Waals surface area contributed by atoms with Crippen molar-refractivity contribution >= 4 is 23.2 Å². The largest absolute Gasteiger partial charge is 0.479 e. The van der Waals surface area contributed by atoms with Crippen molar-refractivity contribution in [2.45, 2.75) is 12.5 Å². The lowest BCUT2D eigenvalue weighted by molar-refractivity contribution is -0.142. The Labute approximate surface area is 119 Å². The standard InChI is InChI=1S/C14H12N2O3S/c17-13(9-1-5-15-6-2-9)16-7-3-11-10(4-8-20-11)12(16)14(18)19/h1-2,4-6,8,12H,3,7H2,(H,18,19). The summed E-state index contributed by atoms with van der Waals surface area (Å²) in [6.07, 6.45) is 3.76. The van der Waals surface area contributed by atoms with Crippen molar-refractivity contribution in [1.29, 1.82) is 0 Å². The van der Waals surface area contributed by atoms with Crippen LogP contribution in [0.2, 0.25) is 0 Å². The van der Waals surface area contributed by atoms with Gasteiger partial charge in [-0.2, -0.15) is 0 Å². The van der Waals surface area contributed by atoms with E-state index in [2.05, 4.69) is 4.98 Å².